The van der Waals surface area contributed by atoms with Crippen molar-refractivity contribution in [1.82, 2.24) is 4.90 Å². The highest BCUT2D eigenvalue weighted by molar-refractivity contribution is 8.18. The Hall–Kier alpha value is -1.92. The van der Waals surface area contributed by atoms with Gasteiger partial charge in [0.25, 0.3) is 11.1 Å². The molecule has 5 nitrogen and oxygen atoms in total. The first kappa shape index (κ1) is 18.4. The average Bonchev–Trinajstić information content (AvgIpc) is 2.79. The third-order valence-corrected chi connectivity index (χ3v) is 4.29. The molecule has 1 saturated heterocycles. The van der Waals surface area contributed by atoms with Crippen LogP contribution >= 0.6 is 23.4 Å². The number of rotatable bonds is 7. The summed E-state index contributed by atoms with van der Waals surface area (Å²) < 4.78 is 11.1. The summed E-state index contributed by atoms with van der Waals surface area (Å²) in [6, 6.07) is 3.42. The van der Waals surface area contributed by atoms with Crippen molar-refractivity contribution in [2.24, 2.45) is 0 Å². The number of hydrogen-bond donors (Lipinski definition) is 0. The molecule has 1 aliphatic rings. The van der Waals surface area contributed by atoms with Crippen LogP contribution in [0.2, 0.25) is 5.02 Å². The van der Waals surface area contributed by atoms with E-state index in [0.717, 1.165) is 16.7 Å². The van der Waals surface area contributed by atoms with Gasteiger partial charge in [-0.1, -0.05) is 17.7 Å². The number of thioether (sulfide) groups is 1. The minimum Gasteiger partial charge on any atom is -0.490 e. The first-order valence-electron chi connectivity index (χ1n) is 7.47. The lowest BCUT2D eigenvalue weighted by Gasteiger charge is -2.13. The minimum atomic E-state index is -0.340. The number of nitrogens with zero attached hydrogens (tertiary/aromatic N) is 1. The monoisotopic (exact) mass is 367 g/mol. The van der Waals surface area contributed by atoms with Gasteiger partial charge in [0.15, 0.2) is 11.5 Å². The van der Waals surface area contributed by atoms with E-state index in [0.29, 0.717) is 40.2 Å². The van der Waals surface area contributed by atoms with Crippen LogP contribution in [0.15, 0.2) is 29.7 Å². The third kappa shape index (κ3) is 3.94. The zero-order valence-electron chi connectivity index (χ0n) is 13.5. The summed E-state index contributed by atoms with van der Waals surface area (Å²) in [6.07, 6.45) is 3.14. The number of amides is 2. The molecule has 24 heavy (non-hydrogen) atoms. The Labute approximate surface area is 150 Å². The summed E-state index contributed by atoms with van der Waals surface area (Å²) in [7, 11) is 0. The van der Waals surface area contributed by atoms with Crippen molar-refractivity contribution in [1.29, 1.82) is 0 Å². The Kier molecular flexibility index (Phi) is 6.34. The quantitative estimate of drug-likeness (QED) is 0.529. The van der Waals surface area contributed by atoms with Crippen LogP contribution in [-0.4, -0.2) is 35.8 Å². The van der Waals surface area contributed by atoms with Crippen LogP contribution in [-0.2, 0) is 4.79 Å². The predicted octanol–water partition coefficient (Wildman–Crippen LogP) is 4.36. The molecule has 2 rings (SSSR count). The Morgan fingerprint density at radius 1 is 1.25 bits per heavy atom. The second-order valence-electron chi connectivity index (χ2n) is 4.78. The van der Waals surface area contributed by atoms with Gasteiger partial charge < -0.3 is 9.47 Å². The van der Waals surface area contributed by atoms with E-state index in [1.54, 1.807) is 18.2 Å². The molecule has 1 aromatic carbocycles. The fraction of sp³-hybridized carbons (Fsp3) is 0.294. The van der Waals surface area contributed by atoms with Gasteiger partial charge in [-0.2, -0.15) is 0 Å². The lowest BCUT2D eigenvalue weighted by atomic mass is 10.1. The molecular weight excluding hydrogens is 350 g/mol. The lowest BCUT2D eigenvalue weighted by Crippen LogP contribution is -2.27. The number of hydrogen-bond acceptors (Lipinski definition) is 5. The smallest absolute Gasteiger partial charge is 0.293 e. The molecule has 1 aliphatic heterocycles. The van der Waals surface area contributed by atoms with Crippen molar-refractivity contribution in [2.75, 3.05) is 19.8 Å². The number of carbonyl (C=O) groups excluding carboxylic acids is 2. The van der Waals surface area contributed by atoms with Crippen LogP contribution in [0, 0.1) is 0 Å². The zero-order valence-corrected chi connectivity index (χ0v) is 15.1. The van der Waals surface area contributed by atoms with Gasteiger partial charge in [0.05, 0.1) is 23.1 Å². The molecule has 0 aromatic heterocycles. The Morgan fingerprint density at radius 3 is 2.58 bits per heavy atom. The van der Waals surface area contributed by atoms with E-state index in [4.69, 9.17) is 21.1 Å². The number of imide groups is 1. The molecule has 0 radical (unpaired) electrons. The first-order chi connectivity index (χ1) is 11.5. The van der Waals surface area contributed by atoms with Gasteiger partial charge in [0.1, 0.15) is 0 Å². The minimum absolute atomic E-state index is 0.191. The molecule has 7 heteroatoms. The average molecular weight is 368 g/mol. The molecule has 1 aromatic rings. The van der Waals surface area contributed by atoms with Crippen LogP contribution in [0.25, 0.3) is 6.08 Å². The standard InChI is InChI=1S/C17H18ClNO4S/c1-4-7-19-16(20)14(24-17(19)21)10-11-8-12(18)15(23-6-3)13(9-11)22-5-2/h4,8-10H,1,5-7H2,2-3H3/b14-10-. The summed E-state index contributed by atoms with van der Waals surface area (Å²) in [5.74, 6) is 0.634. The summed E-state index contributed by atoms with van der Waals surface area (Å²) in [5.41, 5.74) is 0.663. The maximum atomic E-state index is 12.3. The molecule has 0 atom stereocenters. The van der Waals surface area contributed by atoms with Gasteiger partial charge >= 0.3 is 0 Å². The van der Waals surface area contributed by atoms with Gasteiger partial charge in [0.2, 0.25) is 0 Å². The van der Waals surface area contributed by atoms with Gasteiger partial charge in [0, 0.05) is 6.54 Å². The van der Waals surface area contributed by atoms with Crippen LogP contribution in [0.1, 0.15) is 19.4 Å². The summed E-state index contributed by atoms with van der Waals surface area (Å²) in [4.78, 5) is 25.6. The third-order valence-electron chi connectivity index (χ3n) is 3.10. The van der Waals surface area contributed by atoms with Crippen molar-refractivity contribution >= 4 is 40.6 Å². The van der Waals surface area contributed by atoms with E-state index in [2.05, 4.69) is 6.58 Å². The highest BCUT2D eigenvalue weighted by Gasteiger charge is 2.34. The molecular formula is C17H18ClNO4S. The first-order valence-corrected chi connectivity index (χ1v) is 8.66. The molecule has 0 bridgehead atoms. The Morgan fingerprint density at radius 2 is 1.96 bits per heavy atom. The second kappa shape index (κ2) is 8.26. The lowest BCUT2D eigenvalue weighted by molar-refractivity contribution is -0.122. The molecule has 128 valence electrons. The molecule has 1 fully saturated rings. The summed E-state index contributed by atoms with van der Waals surface area (Å²) >= 11 is 7.15. The molecule has 0 saturated carbocycles. The Bertz CT molecular complexity index is 702. The van der Waals surface area contributed by atoms with Gasteiger partial charge in [-0.05, 0) is 49.4 Å². The van der Waals surface area contributed by atoms with Gasteiger partial charge in [-0.15, -0.1) is 6.58 Å². The van der Waals surface area contributed by atoms with Crippen LogP contribution in [0.5, 0.6) is 11.5 Å². The highest BCUT2D eigenvalue weighted by atomic mass is 35.5. The van der Waals surface area contributed by atoms with E-state index < -0.39 is 0 Å². The molecule has 0 spiro atoms. The van der Waals surface area contributed by atoms with Crippen molar-refractivity contribution in [2.45, 2.75) is 13.8 Å². The predicted molar refractivity (Wildman–Crippen MR) is 96.7 cm³/mol. The zero-order chi connectivity index (χ0) is 17.7. The number of ether oxygens (including phenoxy) is 2. The van der Waals surface area contributed by atoms with E-state index in [9.17, 15) is 9.59 Å². The van der Waals surface area contributed by atoms with Crippen molar-refractivity contribution in [3.8, 4) is 11.5 Å². The molecule has 1 heterocycles. The summed E-state index contributed by atoms with van der Waals surface area (Å²) in [5, 5.41) is 0.0765. The molecule has 0 aliphatic carbocycles. The second-order valence-corrected chi connectivity index (χ2v) is 6.18. The summed E-state index contributed by atoms with van der Waals surface area (Å²) in [6.45, 7) is 8.37. The Balaban J connectivity index is 2.37. The maximum Gasteiger partial charge on any atom is 0.293 e. The number of halogens is 1. The molecule has 2 amide bonds. The SMILES string of the molecule is C=CCN1C(=O)S/C(=C\c2cc(Cl)c(OCC)c(OCC)c2)C1=O. The van der Waals surface area contributed by atoms with Crippen molar-refractivity contribution in [3.05, 3.63) is 40.3 Å². The normalized spacial score (nSPS) is 16.0. The molecule has 0 N–H and O–H groups in total. The van der Waals surface area contributed by atoms with Crippen LogP contribution < -0.4 is 9.47 Å². The van der Waals surface area contributed by atoms with Crippen molar-refractivity contribution < 1.29 is 19.1 Å². The van der Waals surface area contributed by atoms with Gasteiger partial charge in [-0.25, -0.2) is 0 Å². The fourth-order valence-electron chi connectivity index (χ4n) is 2.16. The van der Waals surface area contributed by atoms with E-state index in [1.165, 1.54) is 6.08 Å². The highest BCUT2D eigenvalue weighted by Crippen LogP contribution is 2.39. The van der Waals surface area contributed by atoms with Crippen LogP contribution in [0.3, 0.4) is 0 Å². The largest absolute Gasteiger partial charge is 0.490 e. The van der Waals surface area contributed by atoms with E-state index in [-0.39, 0.29) is 17.7 Å². The maximum absolute atomic E-state index is 12.3. The van der Waals surface area contributed by atoms with E-state index >= 15 is 0 Å². The number of benzene rings is 1. The number of carbonyl (C=O) groups is 2. The molecule has 0 unspecified atom stereocenters. The van der Waals surface area contributed by atoms with Crippen molar-refractivity contribution in [3.63, 3.8) is 0 Å². The van der Waals surface area contributed by atoms with Gasteiger partial charge in [-0.3, -0.25) is 14.5 Å². The van der Waals surface area contributed by atoms with E-state index in [1.807, 2.05) is 13.8 Å². The van der Waals surface area contributed by atoms with Crippen LogP contribution in [0.4, 0.5) is 4.79 Å². The topological polar surface area (TPSA) is 55.8 Å². The fourth-order valence-corrected chi connectivity index (χ4v) is 3.28.